The van der Waals surface area contributed by atoms with Crippen molar-refractivity contribution in [3.8, 4) is 0 Å². The number of aromatic nitrogens is 3. The van der Waals surface area contributed by atoms with E-state index in [1.807, 2.05) is 0 Å². The number of hydrogen-bond donors (Lipinski definition) is 2. The smallest absolute Gasteiger partial charge is 0.257 e. The molecule has 7 heteroatoms. The van der Waals surface area contributed by atoms with Gasteiger partial charge in [-0.1, -0.05) is 13.3 Å². The van der Waals surface area contributed by atoms with Gasteiger partial charge in [0.1, 0.15) is 11.6 Å². The van der Waals surface area contributed by atoms with Crippen LogP contribution in [0.5, 0.6) is 0 Å². The third kappa shape index (κ3) is 3.47. The summed E-state index contributed by atoms with van der Waals surface area (Å²) in [5, 5.41) is 3.18. The maximum atomic E-state index is 12.1. The molecule has 0 aromatic carbocycles. The first-order valence-electron chi connectivity index (χ1n) is 5.96. The molecule has 0 aliphatic rings. The number of amides is 1. The van der Waals surface area contributed by atoms with Crippen molar-refractivity contribution < 1.29 is 4.79 Å². The third-order valence-corrected chi connectivity index (χ3v) is 3.14. The van der Waals surface area contributed by atoms with Crippen LogP contribution in [0.2, 0.25) is 0 Å². The van der Waals surface area contributed by atoms with Gasteiger partial charge < -0.3 is 5.73 Å². The van der Waals surface area contributed by atoms with Gasteiger partial charge in [-0.25, -0.2) is 9.97 Å². The van der Waals surface area contributed by atoms with E-state index in [9.17, 15) is 4.79 Å². The van der Waals surface area contributed by atoms with Crippen LogP contribution in [0.4, 0.5) is 10.9 Å². The molecule has 0 spiro atoms. The number of carbonyl (C=O) groups is 1. The van der Waals surface area contributed by atoms with Gasteiger partial charge in [-0.3, -0.25) is 10.1 Å². The molecule has 3 N–H and O–H groups in total. The standard InChI is InChI=1S/C12H15N5OS/c1-3-4-9-5-8(6-10(13)15-9)11(18)16-12-14-7(2)17-19-12/h5-6H,3-4H2,1-2H3,(H2,13,15)(H,14,16,17,18). The molecule has 6 nitrogen and oxygen atoms in total. The van der Waals surface area contributed by atoms with Gasteiger partial charge in [0.15, 0.2) is 0 Å². The Hall–Kier alpha value is -2.02. The highest BCUT2D eigenvalue weighted by molar-refractivity contribution is 7.09. The van der Waals surface area contributed by atoms with Crippen LogP contribution in [0.3, 0.4) is 0 Å². The molecular weight excluding hydrogens is 262 g/mol. The van der Waals surface area contributed by atoms with E-state index in [4.69, 9.17) is 5.73 Å². The van der Waals surface area contributed by atoms with E-state index in [-0.39, 0.29) is 5.91 Å². The lowest BCUT2D eigenvalue weighted by Gasteiger charge is -2.05. The largest absolute Gasteiger partial charge is 0.384 e. The Bertz CT molecular complexity index is 596. The molecule has 1 amide bonds. The lowest BCUT2D eigenvalue weighted by Crippen LogP contribution is -2.13. The molecule has 0 aliphatic heterocycles. The highest BCUT2D eigenvalue weighted by Gasteiger charge is 2.11. The number of nitrogen functional groups attached to an aromatic ring is 1. The minimum Gasteiger partial charge on any atom is -0.384 e. The molecule has 0 bridgehead atoms. The Labute approximate surface area is 115 Å². The molecule has 2 aromatic rings. The molecule has 19 heavy (non-hydrogen) atoms. The van der Waals surface area contributed by atoms with E-state index in [1.165, 1.54) is 0 Å². The van der Waals surface area contributed by atoms with Crippen molar-refractivity contribution in [1.29, 1.82) is 0 Å². The van der Waals surface area contributed by atoms with Crippen molar-refractivity contribution in [3.05, 3.63) is 29.2 Å². The zero-order valence-electron chi connectivity index (χ0n) is 10.8. The molecular formula is C12H15N5OS. The van der Waals surface area contributed by atoms with Crippen LogP contribution < -0.4 is 11.1 Å². The van der Waals surface area contributed by atoms with Crippen molar-refractivity contribution in [2.45, 2.75) is 26.7 Å². The summed E-state index contributed by atoms with van der Waals surface area (Å²) in [5.41, 5.74) is 7.02. The summed E-state index contributed by atoms with van der Waals surface area (Å²) in [4.78, 5) is 20.4. The van der Waals surface area contributed by atoms with Gasteiger partial charge in [0.25, 0.3) is 5.91 Å². The van der Waals surface area contributed by atoms with Crippen LogP contribution in [0.15, 0.2) is 12.1 Å². The highest BCUT2D eigenvalue weighted by Crippen LogP contribution is 2.14. The van der Waals surface area contributed by atoms with E-state index in [1.54, 1.807) is 19.1 Å². The molecule has 0 unspecified atom stereocenters. The molecule has 2 rings (SSSR count). The minimum atomic E-state index is -0.248. The van der Waals surface area contributed by atoms with Gasteiger partial charge in [-0.15, -0.1) is 0 Å². The van der Waals surface area contributed by atoms with Crippen molar-refractivity contribution in [2.24, 2.45) is 0 Å². The fourth-order valence-corrected chi connectivity index (χ4v) is 2.21. The maximum absolute atomic E-state index is 12.1. The lowest BCUT2D eigenvalue weighted by atomic mass is 10.1. The predicted molar refractivity (Wildman–Crippen MR) is 75.2 cm³/mol. The third-order valence-electron chi connectivity index (χ3n) is 2.41. The molecule has 0 saturated carbocycles. The fourth-order valence-electron chi connectivity index (χ4n) is 1.64. The van der Waals surface area contributed by atoms with Crippen molar-refractivity contribution in [1.82, 2.24) is 14.3 Å². The number of carbonyl (C=O) groups excluding carboxylic acids is 1. The van der Waals surface area contributed by atoms with Gasteiger partial charge in [0, 0.05) is 22.8 Å². The van der Waals surface area contributed by atoms with E-state index >= 15 is 0 Å². The van der Waals surface area contributed by atoms with Gasteiger partial charge >= 0.3 is 0 Å². The summed E-state index contributed by atoms with van der Waals surface area (Å²) in [5.74, 6) is 0.744. The number of rotatable bonds is 4. The van der Waals surface area contributed by atoms with E-state index in [2.05, 4.69) is 26.6 Å². The molecule has 0 fully saturated rings. The second-order valence-electron chi connectivity index (χ2n) is 4.12. The van der Waals surface area contributed by atoms with Crippen molar-refractivity contribution >= 4 is 28.4 Å². The Morgan fingerprint density at radius 3 is 2.84 bits per heavy atom. The number of anilines is 2. The molecule has 2 heterocycles. The summed E-state index contributed by atoms with van der Waals surface area (Å²) in [6, 6.07) is 3.31. The number of pyridine rings is 1. The van der Waals surface area contributed by atoms with Gasteiger partial charge in [-0.05, 0) is 25.5 Å². The maximum Gasteiger partial charge on any atom is 0.257 e. The van der Waals surface area contributed by atoms with Crippen molar-refractivity contribution in [3.63, 3.8) is 0 Å². The number of nitrogens with zero attached hydrogens (tertiary/aromatic N) is 3. The van der Waals surface area contributed by atoms with Crippen LogP contribution in [0.25, 0.3) is 0 Å². The van der Waals surface area contributed by atoms with Crippen LogP contribution in [0.1, 0.15) is 35.2 Å². The van der Waals surface area contributed by atoms with Crippen LogP contribution in [-0.4, -0.2) is 20.2 Å². The Morgan fingerprint density at radius 1 is 1.42 bits per heavy atom. The van der Waals surface area contributed by atoms with Crippen LogP contribution in [-0.2, 0) is 6.42 Å². The van der Waals surface area contributed by atoms with Crippen molar-refractivity contribution in [2.75, 3.05) is 11.1 Å². The quantitative estimate of drug-likeness (QED) is 0.891. The normalized spacial score (nSPS) is 10.4. The molecule has 0 saturated heterocycles. The Morgan fingerprint density at radius 2 is 2.21 bits per heavy atom. The molecule has 0 aliphatic carbocycles. The second kappa shape index (κ2) is 5.75. The summed E-state index contributed by atoms with van der Waals surface area (Å²) in [7, 11) is 0. The first-order valence-corrected chi connectivity index (χ1v) is 6.74. The van der Waals surface area contributed by atoms with Crippen LogP contribution in [0, 0.1) is 6.92 Å². The summed E-state index contributed by atoms with van der Waals surface area (Å²) >= 11 is 1.15. The average Bonchev–Trinajstić information content (AvgIpc) is 2.74. The summed E-state index contributed by atoms with van der Waals surface area (Å²) in [6.07, 6.45) is 1.75. The number of aryl methyl sites for hydroxylation is 2. The van der Waals surface area contributed by atoms with E-state index in [0.29, 0.717) is 22.3 Å². The average molecular weight is 277 g/mol. The zero-order valence-corrected chi connectivity index (χ0v) is 11.6. The number of hydrogen-bond acceptors (Lipinski definition) is 6. The van der Waals surface area contributed by atoms with Crippen LogP contribution >= 0.6 is 11.5 Å². The van der Waals surface area contributed by atoms with Gasteiger partial charge in [0.05, 0.1) is 0 Å². The fraction of sp³-hybridized carbons (Fsp3) is 0.333. The summed E-state index contributed by atoms with van der Waals surface area (Å²) < 4.78 is 4.01. The zero-order chi connectivity index (χ0) is 13.8. The monoisotopic (exact) mass is 277 g/mol. The molecule has 2 aromatic heterocycles. The first-order chi connectivity index (χ1) is 9.08. The Balaban J connectivity index is 2.18. The van der Waals surface area contributed by atoms with Gasteiger partial charge in [0.2, 0.25) is 5.13 Å². The summed E-state index contributed by atoms with van der Waals surface area (Å²) in [6.45, 7) is 3.82. The SMILES string of the molecule is CCCc1cc(C(=O)Nc2nc(C)ns2)cc(N)n1. The number of nitrogens with one attached hydrogen (secondary N) is 1. The molecule has 100 valence electrons. The minimum absolute atomic E-state index is 0.248. The second-order valence-corrected chi connectivity index (χ2v) is 4.87. The van der Waals surface area contributed by atoms with E-state index < -0.39 is 0 Å². The predicted octanol–water partition coefficient (Wildman–Crippen LogP) is 2.03. The number of nitrogens with two attached hydrogens (primary N) is 1. The highest BCUT2D eigenvalue weighted by atomic mass is 32.1. The molecule has 0 radical (unpaired) electrons. The first kappa shape index (κ1) is 13.4. The Kier molecular flexibility index (Phi) is 4.06. The topological polar surface area (TPSA) is 93.8 Å². The lowest BCUT2D eigenvalue weighted by molar-refractivity contribution is 0.102. The molecule has 0 atom stereocenters. The van der Waals surface area contributed by atoms with Gasteiger partial charge in [-0.2, -0.15) is 4.37 Å². The van der Waals surface area contributed by atoms with E-state index in [0.717, 1.165) is 30.1 Å².